The fourth-order valence-electron chi connectivity index (χ4n) is 4.62. The van der Waals surface area contributed by atoms with Gasteiger partial charge in [-0.1, -0.05) is 24.6 Å². The van der Waals surface area contributed by atoms with Crippen LogP contribution in [-0.4, -0.2) is 65.2 Å². The molecule has 0 saturated carbocycles. The monoisotopic (exact) mass is 444 g/mol. The van der Waals surface area contributed by atoms with Crippen molar-refractivity contribution >= 4 is 22.4 Å². The number of piperidine rings is 1. The Kier molecular flexibility index (Phi) is 7.09. The third kappa shape index (κ3) is 5.37. The van der Waals surface area contributed by atoms with Gasteiger partial charge in [-0.3, -0.25) is 9.69 Å². The first-order valence-electron chi connectivity index (χ1n) is 11.1. The average molecular weight is 445 g/mol. The van der Waals surface area contributed by atoms with Gasteiger partial charge in [-0.05, 0) is 50.3 Å². The molecule has 0 spiro atoms. The number of thiazole rings is 1. The number of ether oxygens (including phenoxy) is 1. The standard InChI is InChI=1S/C23H32N4O3S/c24-22-25-19(16-31-22)21(29)27-10-4-3-7-23(17-28)8-11-26(12-9-23)15-18-5-1-2-6-20(18)30-14-13-27/h1-2,5-6,16,28H,3-4,7-15,17H2,(H2,24,25). The van der Waals surface area contributed by atoms with E-state index in [1.807, 2.05) is 23.1 Å². The number of aromatic nitrogens is 1. The molecule has 3 aliphatic heterocycles. The molecule has 0 atom stereocenters. The Morgan fingerprint density at radius 3 is 2.71 bits per heavy atom. The van der Waals surface area contributed by atoms with Crippen molar-refractivity contribution in [2.24, 2.45) is 5.41 Å². The number of anilines is 1. The van der Waals surface area contributed by atoms with Crippen molar-refractivity contribution in [3.8, 4) is 5.75 Å². The van der Waals surface area contributed by atoms with Gasteiger partial charge >= 0.3 is 0 Å². The summed E-state index contributed by atoms with van der Waals surface area (Å²) in [6, 6.07) is 8.15. The summed E-state index contributed by atoms with van der Waals surface area (Å²) in [7, 11) is 0. The number of carbonyl (C=O) groups is 1. The predicted molar refractivity (Wildman–Crippen MR) is 122 cm³/mol. The van der Waals surface area contributed by atoms with E-state index < -0.39 is 0 Å². The number of rotatable bonds is 2. The Morgan fingerprint density at radius 1 is 1.16 bits per heavy atom. The van der Waals surface area contributed by atoms with Gasteiger partial charge < -0.3 is 20.5 Å². The van der Waals surface area contributed by atoms with Gasteiger partial charge in [0.25, 0.3) is 5.91 Å². The number of hydrogen-bond donors (Lipinski definition) is 2. The van der Waals surface area contributed by atoms with E-state index in [9.17, 15) is 9.90 Å². The number of benzene rings is 1. The highest BCUT2D eigenvalue weighted by Crippen LogP contribution is 2.37. The fourth-order valence-corrected chi connectivity index (χ4v) is 5.16. The SMILES string of the molecule is Nc1nc(C(=O)N2CCCCC3(CO)CCN(CC3)Cc3ccccc3OCC2)cs1. The third-order valence-corrected chi connectivity index (χ3v) is 7.32. The molecule has 0 radical (unpaired) electrons. The van der Waals surface area contributed by atoms with Crippen LogP contribution in [-0.2, 0) is 6.54 Å². The van der Waals surface area contributed by atoms with E-state index in [-0.39, 0.29) is 17.9 Å². The Hall–Kier alpha value is -2.16. The predicted octanol–water partition coefficient (Wildman–Crippen LogP) is 3.00. The lowest BCUT2D eigenvalue weighted by atomic mass is 9.75. The molecule has 2 aromatic rings. The van der Waals surface area contributed by atoms with E-state index in [0.29, 0.717) is 30.5 Å². The molecular formula is C23H32N4O3S. The zero-order chi connectivity index (χ0) is 21.7. The van der Waals surface area contributed by atoms with Gasteiger partial charge in [-0.2, -0.15) is 0 Å². The second kappa shape index (κ2) is 9.97. The van der Waals surface area contributed by atoms with E-state index >= 15 is 0 Å². The maximum atomic E-state index is 13.0. The van der Waals surface area contributed by atoms with Gasteiger partial charge in [0.05, 0.1) is 6.54 Å². The Balaban J connectivity index is 1.53. The highest BCUT2D eigenvalue weighted by molar-refractivity contribution is 7.13. The highest BCUT2D eigenvalue weighted by atomic mass is 32.1. The first-order chi connectivity index (χ1) is 15.1. The van der Waals surface area contributed by atoms with Crippen LogP contribution < -0.4 is 10.5 Å². The molecule has 7 nitrogen and oxygen atoms in total. The maximum absolute atomic E-state index is 13.0. The number of aliphatic hydroxyl groups is 1. The van der Waals surface area contributed by atoms with Crippen LogP contribution in [0, 0.1) is 5.41 Å². The summed E-state index contributed by atoms with van der Waals surface area (Å²) < 4.78 is 6.13. The van der Waals surface area contributed by atoms with Crippen molar-refractivity contribution in [2.75, 3.05) is 45.1 Å². The van der Waals surface area contributed by atoms with Crippen LogP contribution in [0.25, 0.3) is 0 Å². The summed E-state index contributed by atoms with van der Waals surface area (Å²) in [6.45, 7) is 4.65. The van der Waals surface area contributed by atoms with Crippen LogP contribution in [0.1, 0.15) is 48.2 Å². The van der Waals surface area contributed by atoms with Crippen LogP contribution in [0.4, 0.5) is 5.13 Å². The molecule has 2 bridgehead atoms. The molecular weight excluding hydrogens is 412 g/mol. The van der Waals surface area contributed by atoms with Crippen LogP contribution >= 0.6 is 11.3 Å². The van der Waals surface area contributed by atoms with E-state index in [4.69, 9.17) is 10.5 Å². The number of aliphatic hydroxyl groups excluding tert-OH is 1. The molecule has 4 heterocycles. The fraction of sp³-hybridized carbons (Fsp3) is 0.565. The summed E-state index contributed by atoms with van der Waals surface area (Å²) in [5, 5.41) is 12.3. The minimum Gasteiger partial charge on any atom is -0.491 e. The van der Waals surface area contributed by atoms with Crippen LogP contribution in [0.15, 0.2) is 29.6 Å². The number of carbonyl (C=O) groups excluding carboxylic acids is 1. The van der Waals surface area contributed by atoms with Crippen molar-refractivity contribution in [1.29, 1.82) is 0 Å². The van der Waals surface area contributed by atoms with Gasteiger partial charge in [0, 0.05) is 30.6 Å². The lowest BCUT2D eigenvalue weighted by molar-refractivity contribution is 0.0319. The van der Waals surface area contributed by atoms with E-state index in [2.05, 4.69) is 16.0 Å². The topological polar surface area (TPSA) is 91.9 Å². The molecule has 1 aromatic carbocycles. The Labute approximate surface area is 187 Å². The molecule has 0 aliphatic carbocycles. The lowest BCUT2D eigenvalue weighted by Crippen LogP contribution is -2.41. The van der Waals surface area contributed by atoms with Crippen LogP contribution in [0.3, 0.4) is 0 Å². The largest absolute Gasteiger partial charge is 0.491 e. The van der Waals surface area contributed by atoms with E-state index in [1.54, 1.807) is 5.38 Å². The Morgan fingerprint density at radius 2 is 1.97 bits per heavy atom. The first kappa shape index (κ1) is 22.0. The number of hydrogen-bond acceptors (Lipinski definition) is 7. The molecule has 1 aromatic heterocycles. The molecule has 8 heteroatoms. The molecule has 1 saturated heterocycles. The number of nitrogen functional groups attached to an aromatic ring is 1. The van der Waals surface area contributed by atoms with Gasteiger partial charge in [0.2, 0.25) is 0 Å². The molecule has 31 heavy (non-hydrogen) atoms. The van der Waals surface area contributed by atoms with E-state index in [1.165, 1.54) is 16.9 Å². The Bertz CT molecular complexity index is 879. The van der Waals surface area contributed by atoms with Crippen molar-refractivity contribution in [2.45, 2.75) is 38.6 Å². The highest BCUT2D eigenvalue weighted by Gasteiger charge is 2.34. The van der Waals surface area contributed by atoms with Gasteiger partial charge in [-0.25, -0.2) is 4.98 Å². The lowest BCUT2D eigenvalue weighted by Gasteiger charge is -2.41. The quantitative estimate of drug-likeness (QED) is 0.740. The van der Waals surface area contributed by atoms with Crippen LogP contribution in [0.2, 0.25) is 0 Å². The summed E-state index contributed by atoms with van der Waals surface area (Å²) in [6.07, 6.45) is 4.90. The van der Waals surface area contributed by atoms with Gasteiger partial charge in [0.1, 0.15) is 18.1 Å². The normalized spacial score (nSPS) is 25.2. The molecule has 0 unspecified atom stereocenters. The average Bonchev–Trinajstić information content (AvgIpc) is 3.22. The van der Waals surface area contributed by atoms with Gasteiger partial charge in [-0.15, -0.1) is 11.3 Å². The van der Waals surface area contributed by atoms with Crippen molar-refractivity contribution < 1.29 is 14.6 Å². The summed E-state index contributed by atoms with van der Waals surface area (Å²) in [4.78, 5) is 21.5. The van der Waals surface area contributed by atoms with Crippen molar-refractivity contribution in [3.63, 3.8) is 0 Å². The van der Waals surface area contributed by atoms with Crippen molar-refractivity contribution in [3.05, 3.63) is 40.9 Å². The second-order valence-corrected chi connectivity index (χ2v) is 9.60. The van der Waals surface area contributed by atoms with Crippen molar-refractivity contribution in [1.82, 2.24) is 14.8 Å². The smallest absolute Gasteiger partial charge is 0.273 e. The van der Waals surface area contributed by atoms with Crippen LogP contribution in [0.5, 0.6) is 5.75 Å². The third-order valence-electron chi connectivity index (χ3n) is 6.65. The molecule has 3 aliphatic rings. The summed E-state index contributed by atoms with van der Waals surface area (Å²) in [5.41, 5.74) is 7.31. The number of amides is 1. The van der Waals surface area contributed by atoms with Gasteiger partial charge in [0.15, 0.2) is 5.13 Å². The first-order valence-corrected chi connectivity index (χ1v) is 12.0. The number of fused-ring (bicyclic) bond motifs is 9. The number of nitrogens with zero attached hydrogens (tertiary/aromatic N) is 3. The number of nitrogens with two attached hydrogens (primary N) is 1. The zero-order valence-electron chi connectivity index (χ0n) is 18.0. The molecule has 168 valence electrons. The van der Waals surface area contributed by atoms with E-state index in [0.717, 1.165) is 57.5 Å². The minimum atomic E-state index is -0.0990. The minimum absolute atomic E-state index is 0.00486. The summed E-state index contributed by atoms with van der Waals surface area (Å²) in [5.74, 6) is 0.778. The summed E-state index contributed by atoms with van der Waals surface area (Å²) >= 11 is 1.28. The second-order valence-electron chi connectivity index (χ2n) is 8.71. The maximum Gasteiger partial charge on any atom is 0.273 e. The molecule has 1 amide bonds. The zero-order valence-corrected chi connectivity index (χ0v) is 18.8. The molecule has 1 fully saturated rings. The molecule has 3 N–H and O–H groups in total. The number of para-hydroxylation sites is 1. The molecule has 5 rings (SSSR count).